The molecule has 35 heavy (non-hydrogen) atoms. The molecule has 0 aliphatic carbocycles. The number of aromatic nitrogens is 5. The summed E-state index contributed by atoms with van der Waals surface area (Å²) in [5, 5.41) is 8.33. The zero-order valence-electron chi connectivity index (χ0n) is 20.0. The number of methoxy groups -OCH3 is 1. The van der Waals surface area contributed by atoms with Crippen LogP contribution in [0, 0.1) is 13.8 Å². The van der Waals surface area contributed by atoms with Gasteiger partial charge < -0.3 is 9.64 Å². The van der Waals surface area contributed by atoms with Gasteiger partial charge in [0.2, 0.25) is 0 Å². The number of nitrogens with zero attached hydrogens (tertiary/aromatic N) is 6. The van der Waals surface area contributed by atoms with Crippen LogP contribution in [-0.4, -0.2) is 49.3 Å². The van der Waals surface area contributed by atoms with Crippen LogP contribution in [0.5, 0.6) is 5.75 Å². The monoisotopic (exact) mass is 486 g/mol. The van der Waals surface area contributed by atoms with Gasteiger partial charge in [0.05, 0.1) is 24.7 Å². The average Bonchev–Trinajstić information content (AvgIpc) is 3.38. The van der Waals surface area contributed by atoms with E-state index in [9.17, 15) is 18.0 Å². The maximum Gasteiger partial charge on any atom is 0.433 e. The molecule has 11 heteroatoms. The number of aryl methyl sites for hydroxylation is 2. The summed E-state index contributed by atoms with van der Waals surface area (Å²) in [6, 6.07) is 7.40. The molecule has 4 aromatic rings. The lowest BCUT2D eigenvalue weighted by Gasteiger charge is -2.17. The predicted molar refractivity (Wildman–Crippen MR) is 123 cm³/mol. The molecule has 0 saturated carbocycles. The third kappa shape index (κ3) is 4.45. The average molecular weight is 486 g/mol. The maximum atomic E-state index is 13.9. The van der Waals surface area contributed by atoms with E-state index in [1.54, 1.807) is 31.3 Å². The van der Waals surface area contributed by atoms with Gasteiger partial charge in [-0.25, -0.2) is 9.50 Å². The lowest BCUT2D eigenvalue weighted by Crippen LogP contribution is -2.27. The lowest BCUT2D eigenvalue weighted by atomic mass is 10.1. The van der Waals surface area contributed by atoms with Crippen molar-refractivity contribution in [1.82, 2.24) is 29.3 Å². The number of hydrogen-bond donors (Lipinski definition) is 0. The van der Waals surface area contributed by atoms with Gasteiger partial charge in [-0.3, -0.25) is 9.48 Å². The predicted octanol–water partition coefficient (Wildman–Crippen LogP) is 4.53. The third-order valence-corrected chi connectivity index (χ3v) is 5.95. The summed E-state index contributed by atoms with van der Waals surface area (Å²) in [5.41, 5.74) is 1.93. The minimum Gasteiger partial charge on any atom is -0.497 e. The van der Waals surface area contributed by atoms with Crippen molar-refractivity contribution in [3.8, 4) is 17.0 Å². The van der Waals surface area contributed by atoms with E-state index in [2.05, 4.69) is 15.2 Å². The first-order valence-corrected chi connectivity index (χ1v) is 10.9. The SMILES string of the molecule is CCn1nc(C)c(CN(C)C(=O)c2cnn3c(C(F)(F)F)cc(-c4ccc(OC)cc4)nc23)c1C. The Bertz CT molecular complexity index is 1390. The van der Waals surface area contributed by atoms with Crippen LogP contribution in [0.4, 0.5) is 13.2 Å². The molecule has 184 valence electrons. The first-order chi connectivity index (χ1) is 16.5. The van der Waals surface area contributed by atoms with Crippen LogP contribution in [0.15, 0.2) is 36.5 Å². The molecule has 0 fully saturated rings. The first-order valence-electron chi connectivity index (χ1n) is 10.9. The minimum absolute atomic E-state index is 0.0217. The highest BCUT2D eigenvalue weighted by Crippen LogP contribution is 2.33. The molecule has 0 N–H and O–H groups in total. The van der Waals surface area contributed by atoms with Crippen molar-refractivity contribution in [2.24, 2.45) is 0 Å². The summed E-state index contributed by atoms with van der Waals surface area (Å²) in [5.74, 6) is 0.0697. The Hall–Kier alpha value is -3.89. The van der Waals surface area contributed by atoms with E-state index in [0.717, 1.165) is 29.2 Å². The number of carbonyl (C=O) groups excluding carboxylic acids is 1. The number of halogens is 3. The molecule has 0 aliphatic heterocycles. The highest BCUT2D eigenvalue weighted by molar-refractivity contribution is 5.99. The largest absolute Gasteiger partial charge is 0.497 e. The molecule has 0 unspecified atom stereocenters. The van der Waals surface area contributed by atoms with E-state index >= 15 is 0 Å². The van der Waals surface area contributed by atoms with Gasteiger partial charge in [-0.15, -0.1) is 0 Å². The Labute approximate surface area is 199 Å². The third-order valence-electron chi connectivity index (χ3n) is 5.95. The molecule has 4 rings (SSSR count). The highest BCUT2D eigenvalue weighted by Gasteiger charge is 2.36. The molecule has 3 aromatic heterocycles. The van der Waals surface area contributed by atoms with Gasteiger partial charge in [0.15, 0.2) is 11.3 Å². The Morgan fingerprint density at radius 1 is 1.17 bits per heavy atom. The standard InChI is InChI=1S/C24H25F3N6O2/c1-6-32-15(3)19(14(2)30-32)13-31(4)23(34)18-12-28-33-21(24(25,26)27)11-20(29-22(18)33)16-7-9-17(35-5)10-8-16/h7-12H,6,13H2,1-5H3. The zero-order chi connectivity index (χ0) is 25.5. The molecule has 0 bridgehead atoms. The molecule has 0 spiro atoms. The Morgan fingerprint density at radius 2 is 1.86 bits per heavy atom. The number of hydrogen-bond acceptors (Lipinski definition) is 5. The normalized spacial score (nSPS) is 11.8. The van der Waals surface area contributed by atoms with Crippen LogP contribution in [0.25, 0.3) is 16.9 Å². The van der Waals surface area contributed by atoms with E-state index in [1.165, 1.54) is 12.0 Å². The lowest BCUT2D eigenvalue weighted by molar-refractivity contribution is -0.142. The maximum absolute atomic E-state index is 13.9. The summed E-state index contributed by atoms with van der Waals surface area (Å²) in [6.45, 7) is 6.70. The number of amides is 1. The fourth-order valence-electron chi connectivity index (χ4n) is 4.01. The van der Waals surface area contributed by atoms with Gasteiger partial charge in [-0.05, 0) is 51.1 Å². The molecule has 3 heterocycles. The van der Waals surface area contributed by atoms with Crippen LogP contribution in [0.3, 0.4) is 0 Å². The Balaban J connectivity index is 1.77. The molecular weight excluding hydrogens is 461 g/mol. The van der Waals surface area contributed by atoms with Crippen LogP contribution in [0.1, 0.15) is 39.9 Å². The molecule has 0 saturated heterocycles. The summed E-state index contributed by atoms with van der Waals surface area (Å²) < 4.78 is 49.3. The van der Waals surface area contributed by atoms with E-state index in [-0.39, 0.29) is 23.4 Å². The van der Waals surface area contributed by atoms with Crippen LogP contribution in [-0.2, 0) is 19.3 Å². The second-order valence-electron chi connectivity index (χ2n) is 8.17. The summed E-state index contributed by atoms with van der Waals surface area (Å²) in [6.07, 6.45) is -3.58. The van der Waals surface area contributed by atoms with Gasteiger partial charge in [-0.1, -0.05) is 0 Å². The van der Waals surface area contributed by atoms with Crippen LogP contribution < -0.4 is 4.74 Å². The molecule has 0 radical (unpaired) electrons. The Kier molecular flexibility index (Phi) is 6.27. The fraction of sp³-hybridized carbons (Fsp3) is 0.333. The number of fused-ring (bicyclic) bond motifs is 1. The van der Waals surface area contributed by atoms with Crippen molar-refractivity contribution >= 4 is 11.6 Å². The zero-order valence-corrected chi connectivity index (χ0v) is 20.0. The second kappa shape index (κ2) is 9.05. The smallest absolute Gasteiger partial charge is 0.433 e. The van der Waals surface area contributed by atoms with Crippen molar-refractivity contribution in [2.75, 3.05) is 14.2 Å². The van der Waals surface area contributed by atoms with Gasteiger partial charge in [0.1, 0.15) is 11.3 Å². The first kappa shape index (κ1) is 24.2. The number of ether oxygens (including phenoxy) is 1. The van der Waals surface area contributed by atoms with Crippen molar-refractivity contribution in [3.63, 3.8) is 0 Å². The van der Waals surface area contributed by atoms with Crippen molar-refractivity contribution in [3.05, 3.63) is 64.7 Å². The van der Waals surface area contributed by atoms with Gasteiger partial charge in [0.25, 0.3) is 5.91 Å². The summed E-state index contributed by atoms with van der Waals surface area (Å²) in [4.78, 5) is 19.2. The number of carbonyl (C=O) groups is 1. The van der Waals surface area contributed by atoms with Gasteiger partial charge >= 0.3 is 6.18 Å². The summed E-state index contributed by atoms with van der Waals surface area (Å²) in [7, 11) is 3.09. The van der Waals surface area contributed by atoms with E-state index in [4.69, 9.17) is 4.74 Å². The van der Waals surface area contributed by atoms with E-state index in [1.807, 2.05) is 25.5 Å². The minimum atomic E-state index is -4.70. The fourth-order valence-corrected chi connectivity index (χ4v) is 4.01. The molecule has 1 aromatic carbocycles. The molecule has 8 nitrogen and oxygen atoms in total. The van der Waals surface area contributed by atoms with E-state index in [0.29, 0.717) is 22.4 Å². The highest BCUT2D eigenvalue weighted by atomic mass is 19.4. The van der Waals surface area contributed by atoms with Gasteiger partial charge in [0, 0.05) is 37.0 Å². The van der Waals surface area contributed by atoms with Crippen molar-refractivity contribution in [2.45, 2.75) is 40.0 Å². The van der Waals surface area contributed by atoms with Gasteiger partial charge in [-0.2, -0.15) is 23.4 Å². The van der Waals surface area contributed by atoms with E-state index < -0.39 is 17.8 Å². The van der Waals surface area contributed by atoms with Crippen LogP contribution in [0.2, 0.25) is 0 Å². The quantitative estimate of drug-likeness (QED) is 0.400. The number of alkyl halides is 3. The molecular formula is C24H25F3N6O2. The topological polar surface area (TPSA) is 77.6 Å². The number of rotatable bonds is 6. The van der Waals surface area contributed by atoms with Crippen molar-refractivity contribution < 1.29 is 22.7 Å². The Morgan fingerprint density at radius 3 is 2.43 bits per heavy atom. The van der Waals surface area contributed by atoms with Crippen LogP contribution >= 0.6 is 0 Å². The molecule has 1 amide bonds. The number of benzene rings is 1. The molecule has 0 atom stereocenters. The van der Waals surface area contributed by atoms with Crippen molar-refractivity contribution in [1.29, 1.82) is 0 Å². The second-order valence-corrected chi connectivity index (χ2v) is 8.17. The summed E-state index contributed by atoms with van der Waals surface area (Å²) >= 11 is 0. The molecule has 0 aliphatic rings.